The second kappa shape index (κ2) is 11.3. The molecule has 2 heterocycles. The zero-order chi connectivity index (χ0) is 23.9. The molecule has 9 nitrogen and oxygen atoms in total. The second-order valence-corrected chi connectivity index (χ2v) is 8.28. The van der Waals surface area contributed by atoms with Crippen molar-refractivity contribution in [3.05, 3.63) is 70.3 Å². The smallest absolute Gasteiger partial charge is 0.320 e. The molecule has 0 saturated carbocycles. The number of hydrazone groups is 1. The molecule has 9 heteroatoms. The first-order valence-electron chi connectivity index (χ1n) is 11.5. The van der Waals surface area contributed by atoms with E-state index in [-0.39, 0.29) is 25.5 Å². The van der Waals surface area contributed by atoms with Crippen LogP contribution in [-0.4, -0.2) is 85.6 Å². The Balaban J connectivity index is 1.40. The number of carbonyl (C=O) groups excluding carboxylic acids is 2. The normalized spacial score (nSPS) is 18.6. The van der Waals surface area contributed by atoms with E-state index in [0.717, 1.165) is 29.8 Å². The van der Waals surface area contributed by atoms with Crippen molar-refractivity contribution in [1.82, 2.24) is 9.91 Å². The summed E-state index contributed by atoms with van der Waals surface area (Å²) in [5.74, 6) is -0.471. The first-order valence-corrected chi connectivity index (χ1v) is 11.5. The van der Waals surface area contributed by atoms with Gasteiger partial charge in [0.15, 0.2) is 5.78 Å². The predicted molar refractivity (Wildman–Crippen MR) is 127 cm³/mol. The Morgan fingerprint density at radius 1 is 1.12 bits per heavy atom. The van der Waals surface area contributed by atoms with E-state index in [9.17, 15) is 9.59 Å². The number of aliphatic hydroxyl groups is 1. The van der Waals surface area contributed by atoms with Gasteiger partial charge in [-0.1, -0.05) is 36.4 Å². The standard InChI is InChI=1S/C25H30N4O5/c26-25-22-6-5-21(15-20(22)7-8-28(25)17-23(31)34-14-11-30)24(32)19-3-1-18(2-4-19)16-27-29-9-12-33-13-10-29/h1-6,15-16,25,30H,7-14,17,26H2. The zero-order valence-electron chi connectivity index (χ0n) is 19.1. The number of ketones is 1. The molecule has 0 radical (unpaired) electrons. The van der Waals surface area contributed by atoms with Gasteiger partial charge in [0.05, 0.1) is 51.8 Å². The minimum Gasteiger partial charge on any atom is -0.462 e. The van der Waals surface area contributed by atoms with E-state index < -0.39 is 12.1 Å². The summed E-state index contributed by atoms with van der Waals surface area (Å²) < 4.78 is 10.3. The number of ether oxygens (including phenoxy) is 2. The van der Waals surface area contributed by atoms with Crippen molar-refractivity contribution in [3.63, 3.8) is 0 Å². The summed E-state index contributed by atoms with van der Waals surface area (Å²) in [7, 11) is 0. The number of nitrogens with two attached hydrogens (primary N) is 1. The van der Waals surface area contributed by atoms with E-state index in [4.69, 9.17) is 20.3 Å². The molecule has 0 spiro atoms. The molecule has 34 heavy (non-hydrogen) atoms. The third-order valence-corrected chi connectivity index (χ3v) is 6.00. The van der Waals surface area contributed by atoms with Crippen LogP contribution in [0.15, 0.2) is 47.6 Å². The number of carbonyl (C=O) groups is 2. The number of morpholine rings is 1. The number of hydrogen-bond acceptors (Lipinski definition) is 9. The SMILES string of the molecule is NC1c2ccc(C(=O)c3ccc(C=NN4CCOCC4)cc3)cc2CCN1CC(=O)OCCO. The lowest BCUT2D eigenvalue weighted by Crippen LogP contribution is -2.43. The van der Waals surface area contributed by atoms with Crippen molar-refractivity contribution >= 4 is 18.0 Å². The fourth-order valence-corrected chi connectivity index (χ4v) is 4.10. The van der Waals surface area contributed by atoms with Gasteiger partial charge in [0.25, 0.3) is 0 Å². The van der Waals surface area contributed by atoms with Crippen molar-refractivity contribution < 1.29 is 24.2 Å². The summed E-state index contributed by atoms with van der Waals surface area (Å²) >= 11 is 0. The maximum absolute atomic E-state index is 13.1. The molecule has 1 fully saturated rings. The second-order valence-electron chi connectivity index (χ2n) is 8.28. The summed E-state index contributed by atoms with van der Waals surface area (Å²) in [6.07, 6.45) is 2.01. The van der Waals surface area contributed by atoms with Crippen LogP contribution in [0, 0.1) is 0 Å². The Morgan fingerprint density at radius 3 is 2.59 bits per heavy atom. The van der Waals surface area contributed by atoms with Gasteiger partial charge in [-0.25, -0.2) is 0 Å². The highest BCUT2D eigenvalue weighted by atomic mass is 16.5. The first kappa shape index (κ1) is 24.0. The van der Waals surface area contributed by atoms with Gasteiger partial charge in [-0.15, -0.1) is 0 Å². The quantitative estimate of drug-likeness (QED) is 0.335. The molecule has 2 aliphatic heterocycles. The Labute approximate surface area is 198 Å². The maximum atomic E-state index is 13.1. The molecule has 0 amide bonds. The van der Waals surface area contributed by atoms with E-state index in [1.807, 2.05) is 46.3 Å². The molecule has 2 aromatic rings. The van der Waals surface area contributed by atoms with Crippen LogP contribution in [0.3, 0.4) is 0 Å². The summed E-state index contributed by atoms with van der Waals surface area (Å²) in [6, 6.07) is 12.9. The molecule has 0 aromatic heterocycles. The van der Waals surface area contributed by atoms with Gasteiger partial charge in [-0.2, -0.15) is 5.10 Å². The molecule has 2 aromatic carbocycles. The van der Waals surface area contributed by atoms with Gasteiger partial charge in [-0.05, 0) is 29.2 Å². The summed E-state index contributed by atoms with van der Waals surface area (Å²) in [4.78, 5) is 26.8. The third kappa shape index (κ3) is 5.87. The van der Waals surface area contributed by atoms with Crippen molar-refractivity contribution in [1.29, 1.82) is 0 Å². The lowest BCUT2D eigenvalue weighted by Gasteiger charge is -2.34. The molecule has 180 valence electrons. The van der Waals surface area contributed by atoms with E-state index in [0.29, 0.717) is 37.3 Å². The van der Waals surface area contributed by atoms with E-state index in [2.05, 4.69) is 5.10 Å². The monoisotopic (exact) mass is 466 g/mol. The van der Waals surface area contributed by atoms with Crippen LogP contribution in [0.4, 0.5) is 0 Å². The molecular formula is C25H30N4O5. The number of esters is 1. The van der Waals surface area contributed by atoms with Gasteiger partial charge in [0.1, 0.15) is 6.61 Å². The fourth-order valence-electron chi connectivity index (χ4n) is 4.10. The average molecular weight is 467 g/mol. The average Bonchev–Trinajstić information content (AvgIpc) is 2.88. The van der Waals surface area contributed by atoms with Gasteiger partial charge in [-0.3, -0.25) is 19.5 Å². The molecule has 0 aliphatic carbocycles. The molecule has 1 unspecified atom stereocenters. The summed E-state index contributed by atoms with van der Waals surface area (Å²) in [6.45, 7) is 3.34. The van der Waals surface area contributed by atoms with Gasteiger partial charge < -0.3 is 20.3 Å². The molecule has 1 saturated heterocycles. The fraction of sp³-hybridized carbons (Fsp3) is 0.400. The maximum Gasteiger partial charge on any atom is 0.320 e. The Bertz CT molecular complexity index is 1030. The summed E-state index contributed by atoms with van der Waals surface area (Å²) in [5, 5.41) is 15.2. The number of hydrogen-bond donors (Lipinski definition) is 2. The van der Waals surface area contributed by atoms with Crippen molar-refractivity contribution in [2.45, 2.75) is 12.6 Å². The lowest BCUT2D eigenvalue weighted by atomic mass is 9.92. The number of nitrogens with zero attached hydrogens (tertiary/aromatic N) is 3. The molecule has 4 rings (SSSR count). The van der Waals surface area contributed by atoms with Crippen LogP contribution in [0.2, 0.25) is 0 Å². The Kier molecular flexibility index (Phi) is 8.02. The number of benzene rings is 2. The van der Waals surface area contributed by atoms with E-state index >= 15 is 0 Å². The minimum absolute atomic E-state index is 0.0222. The highest BCUT2D eigenvalue weighted by Crippen LogP contribution is 2.27. The molecule has 0 bridgehead atoms. The zero-order valence-corrected chi connectivity index (χ0v) is 19.1. The van der Waals surface area contributed by atoms with Crippen LogP contribution < -0.4 is 5.73 Å². The van der Waals surface area contributed by atoms with Crippen molar-refractivity contribution in [2.24, 2.45) is 10.8 Å². The molecule has 3 N–H and O–H groups in total. The van der Waals surface area contributed by atoms with Gasteiger partial charge >= 0.3 is 5.97 Å². The van der Waals surface area contributed by atoms with Crippen LogP contribution in [-0.2, 0) is 20.7 Å². The largest absolute Gasteiger partial charge is 0.462 e. The topological polar surface area (TPSA) is 118 Å². The van der Waals surface area contributed by atoms with E-state index in [1.165, 1.54) is 0 Å². The molecule has 1 atom stereocenters. The van der Waals surface area contributed by atoms with Crippen LogP contribution in [0.5, 0.6) is 0 Å². The number of aliphatic hydroxyl groups excluding tert-OH is 1. The van der Waals surface area contributed by atoms with Crippen molar-refractivity contribution in [2.75, 3.05) is 52.6 Å². The Morgan fingerprint density at radius 2 is 1.85 bits per heavy atom. The number of rotatable bonds is 8. The predicted octanol–water partition coefficient (Wildman–Crippen LogP) is 0.935. The highest BCUT2D eigenvalue weighted by molar-refractivity contribution is 6.09. The Hall–Kier alpha value is -3.11. The number of fused-ring (bicyclic) bond motifs is 1. The van der Waals surface area contributed by atoms with Crippen LogP contribution in [0.1, 0.15) is 38.8 Å². The van der Waals surface area contributed by atoms with E-state index in [1.54, 1.807) is 12.3 Å². The van der Waals surface area contributed by atoms with Gasteiger partial charge in [0, 0.05) is 17.7 Å². The first-order chi connectivity index (χ1) is 16.5. The van der Waals surface area contributed by atoms with Crippen LogP contribution in [0.25, 0.3) is 0 Å². The van der Waals surface area contributed by atoms with Crippen molar-refractivity contribution in [3.8, 4) is 0 Å². The summed E-state index contributed by atoms with van der Waals surface area (Å²) in [5.41, 5.74) is 10.4. The van der Waals surface area contributed by atoms with Crippen LogP contribution >= 0.6 is 0 Å². The highest BCUT2D eigenvalue weighted by Gasteiger charge is 2.27. The lowest BCUT2D eigenvalue weighted by molar-refractivity contribution is -0.146. The third-order valence-electron chi connectivity index (χ3n) is 6.00. The van der Waals surface area contributed by atoms with Gasteiger partial charge in [0.2, 0.25) is 0 Å². The molecular weight excluding hydrogens is 436 g/mol. The minimum atomic E-state index is -0.459. The molecule has 2 aliphatic rings.